The highest BCUT2D eigenvalue weighted by atomic mass is 19.1. The van der Waals surface area contributed by atoms with E-state index in [1.54, 1.807) is 18.4 Å². The average Bonchev–Trinajstić information content (AvgIpc) is 3.25. The van der Waals surface area contributed by atoms with E-state index in [4.69, 9.17) is 9.15 Å². The molecule has 1 N–H and O–H groups in total. The second-order valence-electron chi connectivity index (χ2n) is 7.67. The van der Waals surface area contributed by atoms with Crippen LogP contribution >= 0.6 is 0 Å². The molecule has 154 valence electrons. The highest BCUT2D eigenvalue weighted by molar-refractivity contribution is 5.19. The van der Waals surface area contributed by atoms with Crippen LogP contribution in [0.1, 0.15) is 29.9 Å². The molecule has 3 aromatic rings. The van der Waals surface area contributed by atoms with Crippen LogP contribution in [-0.4, -0.2) is 39.9 Å². The molecule has 29 heavy (non-hydrogen) atoms. The van der Waals surface area contributed by atoms with Gasteiger partial charge >= 0.3 is 0 Å². The van der Waals surface area contributed by atoms with Gasteiger partial charge in [-0.05, 0) is 54.8 Å². The molecule has 1 aliphatic rings. The molecule has 2 heterocycles. The molecule has 0 saturated heterocycles. The van der Waals surface area contributed by atoms with Gasteiger partial charge in [-0.25, -0.2) is 4.39 Å². The molecule has 0 bridgehead atoms. The summed E-state index contributed by atoms with van der Waals surface area (Å²) in [6.07, 6.45) is 5.39. The van der Waals surface area contributed by atoms with Crippen molar-refractivity contribution in [2.45, 2.75) is 44.7 Å². The Bertz CT molecular complexity index is 889. The topological polar surface area (TPSA) is 50.8 Å². The Morgan fingerprint density at radius 2 is 2.10 bits per heavy atom. The van der Waals surface area contributed by atoms with Gasteiger partial charge in [0.15, 0.2) is 0 Å². The van der Waals surface area contributed by atoms with E-state index in [1.165, 1.54) is 6.07 Å². The predicted octanol–water partition coefficient (Wildman–Crippen LogP) is 3.81. The summed E-state index contributed by atoms with van der Waals surface area (Å²) in [4.78, 5) is 2.32. The molecule has 0 spiro atoms. The van der Waals surface area contributed by atoms with Gasteiger partial charge in [0.2, 0.25) is 0 Å². The third kappa shape index (κ3) is 5.79. The second kappa shape index (κ2) is 9.39. The molecule has 0 radical (unpaired) electrons. The van der Waals surface area contributed by atoms with Crippen LogP contribution in [0.15, 0.2) is 65.4 Å². The quantitative estimate of drug-likeness (QED) is 0.534. The number of aliphatic hydroxyl groups is 1. The summed E-state index contributed by atoms with van der Waals surface area (Å²) < 4.78 is 26.5. The zero-order valence-electron chi connectivity index (χ0n) is 16.4. The number of halogens is 1. The van der Waals surface area contributed by atoms with E-state index in [9.17, 15) is 9.50 Å². The fourth-order valence-corrected chi connectivity index (χ4v) is 3.58. The second-order valence-corrected chi connectivity index (χ2v) is 7.67. The Kier molecular flexibility index (Phi) is 6.44. The van der Waals surface area contributed by atoms with Crippen molar-refractivity contribution < 1.29 is 18.7 Å². The van der Waals surface area contributed by atoms with Crippen LogP contribution < -0.4 is 0 Å². The summed E-state index contributed by atoms with van der Waals surface area (Å²) >= 11 is 0. The zero-order valence-corrected chi connectivity index (χ0v) is 16.4. The van der Waals surface area contributed by atoms with Crippen molar-refractivity contribution in [1.29, 1.82) is 0 Å². The van der Waals surface area contributed by atoms with Gasteiger partial charge in [-0.1, -0.05) is 12.1 Å². The molecule has 4 rings (SSSR count). The Labute approximate surface area is 170 Å². The first-order valence-corrected chi connectivity index (χ1v) is 10.1. The highest BCUT2D eigenvalue weighted by Gasteiger charge is 2.30. The molecular formula is C23H27FN2O3. The lowest BCUT2D eigenvalue weighted by molar-refractivity contribution is 0.00216. The SMILES string of the molecule is O[C@H](COCc1ccco1)CN(Cc1cccn1Cc1cccc(F)c1)C1CC1. The number of hydrogen-bond donors (Lipinski definition) is 1. The number of rotatable bonds is 11. The maximum atomic E-state index is 13.5. The third-order valence-corrected chi connectivity index (χ3v) is 5.17. The number of nitrogens with zero attached hydrogens (tertiary/aromatic N) is 2. The van der Waals surface area contributed by atoms with Crippen LogP contribution in [-0.2, 0) is 24.4 Å². The first-order chi connectivity index (χ1) is 14.2. The molecule has 6 heteroatoms. The van der Waals surface area contributed by atoms with Crippen LogP contribution in [0, 0.1) is 5.82 Å². The number of aliphatic hydroxyl groups excluding tert-OH is 1. The number of aromatic nitrogens is 1. The van der Waals surface area contributed by atoms with E-state index in [-0.39, 0.29) is 12.4 Å². The summed E-state index contributed by atoms with van der Waals surface area (Å²) in [7, 11) is 0. The van der Waals surface area contributed by atoms with Gasteiger partial charge in [0.1, 0.15) is 18.2 Å². The minimum Gasteiger partial charge on any atom is -0.467 e. The summed E-state index contributed by atoms with van der Waals surface area (Å²) in [6.45, 7) is 2.59. The summed E-state index contributed by atoms with van der Waals surface area (Å²) in [5, 5.41) is 10.4. The first kappa shape index (κ1) is 19.9. The first-order valence-electron chi connectivity index (χ1n) is 10.1. The maximum Gasteiger partial charge on any atom is 0.129 e. The van der Waals surface area contributed by atoms with E-state index in [0.717, 1.165) is 36.4 Å². The molecule has 1 aromatic carbocycles. The van der Waals surface area contributed by atoms with Crippen molar-refractivity contribution in [3.8, 4) is 0 Å². The van der Waals surface area contributed by atoms with Crippen molar-refractivity contribution in [3.63, 3.8) is 0 Å². The van der Waals surface area contributed by atoms with E-state index in [1.807, 2.05) is 30.5 Å². The summed E-state index contributed by atoms with van der Waals surface area (Å²) in [5.74, 6) is 0.542. The van der Waals surface area contributed by atoms with Gasteiger partial charge < -0.3 is 18.8 Å². The van der Waals surface area contributed by atoms with Gasteiger partial charge in [0.05, 0.1) is 19.0 Å². The fourth-order valence-electron chi connectivity index (χ4n) is 3.58. The van der Waals surface area contributed by atoms with E-state index >= 15 is 0 Å². The number of hydrogen-bond acceptors (Lipinski definition) is 4. The lowest BCUT2D eigenvalue weighted by atomic mass is 10.2. The minimum atomic E-state index is -0.558. The lowest BCUT2D eigenvalue weighted by Gasteiger charge is -2.25. The molecule has 2 aromatic heterocycles. The zero-order chi connectivity index (χ0) is 20.1. The Balaban J connectivity index is 1.32. The average molecular weight is 398 g/mol. The van der Waals surface area contributed by atoms with E-state index in [0.29, 0.717) is 25.7 Å². The number of benzene rings is 1. The van der Waals surface area contributed by atoms with Crippen LogP contribution in [0.25, 0.3) is 0 Å². The van der Waals surface area contributed by atoms with Crippen molar-refractivity contribution >= 4 is 0 Å². The third-order valence-electron chi connectivity index (χ3n) is 5.17. The smallest absolute Gasteiger partial charge is 0.129 e. The Morgan fingerprint density at radius 3 is 2.86 bits per heavy atom. The van der Waals surface area contributed by atoms with Gasteiger partial charge in [0.25, 0.3) is 0 Å². The summed E-state index contributed by atoms with van der Waals surface area (Å²) in [6, 6.07) is 15.0. The van der Waals surface area contributed by atoms with Gasteiger partial charge in [-0.2, -0.15) is 0 Å². The van der Waals surface area contributed by atoms with Crippen LogP contribution in [0.2, 0.25) is 0 Å². The highest BCUT2D eigenvalue weighted by Crippen LogP contribution is 2.28. The largest absolute Gasteiger partial charge is 0.467 e. The molecular weight excluding hydrogens is 371 g/mol. The van der Waals surface area contributed by atoms with Crippen molar-refractivity contribution in [3.05, 3.63) is 83.8 Å². The van der Waals surface area contributed by atoms with Crippen LogP contribution in [0.5, 0.6) is 0 Å². The molecule has 1 atom stereocenters. The Morgan fingerprint density at radius 1 is 1.21 bits per heavy atom. The normalized spacial score (nSPS) is 15.1. The molecule has 1 aliphatic carbocycles. The van der Waals surface area contributed by atoms with Crippen molar-refractivity contribution in [2.24, 2.45) is 0 Å². The van der Waals surface area contributed by atoms with Crippen LogP contribution in [0.3, 0.4) is 0 Å². The monoisotopic (exact) mass is 398 g/mol. The molecule has 0 aliphatic heterocycles. The van der Waals surface area contributed by atoms with E-state index < -0.39 is 6.10 Å². The standard InChI is InChI=1S/C23H27FN2O3/c24-19-5-1-4-18(12-19)13-25-10-2-6-21(25)14-26(20-8-9-20)15-22(27)16-28-17-23-7-3-11-29-23/h1-7,10-12,20,22,27H,8-9,13-17H2/t22-/m0/s1. The van der Waals surface area contributed by atoms with Gasteiger partial charge in [-0.15, -0.1) is 0 Å². The van der Waals surface area contributed by atoms with Gasteiger partial charge in [0, 0.05) is 37.6 Å². The van der Waals surface area contributed by atoms with Crippen molar-refractivity contribution in [2.75, 3.05) is 13.2 Å². The lowest BCUT2D eigenvalue weighted by Crippen LogP contribution is -2.36. The number of ether oxygens (including phenoxy) is 1. The minimum absolute atomic E-state index is 0.214. The van der Waals surface area contributed by atoms with Gasteiger partial charge in [-0.3, -0.25) is 4.90 Å². The Hall–Kier alpha value is -2.41. The van der Waals surface area contributed by atoms with E-state index in [2.05, 4.69) is 15.5 Å². The van der Waals surface area contributed by atoms with Crippen LogP contribution in [0.4, 0.5) is 4.39 Å². The number of furan rings is 1. The molecule has 0 amide bonds. The molecule has 5 nitrogen and oxygen atoms in total. The molecule has 1 saturated carbocycles. The maximum absolute atomic E-state index is 13.5. The fraction of sp³-hybridized carbons (Fsp3) is 0.391. The molecule has 0 unspecified atom stereocenters. The molecule has 1 fully saturated rings. The predicted molar refractivity (Wildman–Crippen MR) is 108 cm³/mol. The van der Waals surface area contributed by atoms with Crippen molar-refractivity contribution in [1.82, 2.24) is 9.47 Å². The summed E-state index contributed by atoms with van der Waals surface area (Å²) in [5.41, 5.74) is 2.09.